The molecule has 1 N–H and O–H groups in total. The maximum Gasteiger partial charge on any atom is 0.281 e. The van der Waals surface area contributed by atoms with Crippen molar-refractivity contribution in [1.82, 2.24) is 10.4 Å². The largest absolute Gasteiger partial charge is 0.379 e. The summed E-state index contributed by atoms with van der Waals surface area (Å²) in [7, 11) is 0. The molecule has 0 aliphatic carbocycles. The predicted molar refractivity (Wildman–Crippen MR) is 123 cm³/mol. The molecule has 2 heterocycles. The van der Waals surface area contributed by atoms with E-state index in [1.807, 2.05) is 28.2 Å². The smallest absolute Gasteiger partial charge is 0.281 e. The van der Waals surface area contributed by atoms with E-state index in [0.29, 0.717) is 54.2 Å². The molecule has 152 valence electrons. The first kappa shape index (κ1) is 20.9. The number of hydrazine groups is 1. The number of anilines is 1. The summed E-state index contributed by atoms with van der Waals surface area (Å²) in [6, 6.07) is 13.4. The van der Waals surface area contributed by atoms with Gasteiger partial charge in [0, 0.05) is 28.1 Å². The minimum atomic E-state index is -0.199. The van der Waals surface area contributed by atoms with Gasteiger partial charge in [0.1, 0.15) is 5.71 Å². The van der Waals surface area contributed by atoms with Gasteiger partial charge in [-0.15, -0.1) is 0 Å². The summed E-state index contributed by atoms with van der Waals surface area (Å²) in [5.41, 5.74) is 5.18. The summed E-state index contributed by atoms with van der Waals surface area (Å²) in [6.45, 7) is 2.52. The molecule has 29 heavy (non-hydrogen) atoms. The van der Waals surface area contributed by atoms with Crippen molar-refractivity contribution in [3.8, 4) is 0 Å². The average molecular weight is 545 g/mol. The SMILES string of the molecule is O=C(NN1CCOCC1)C1=NN(c2ccc(Cl)cc2Cl)C(c2ccc(I)cc2)C1. The minimum Gasteiger partial charge on any atom is -0.379 e. The van der Waals surface area contributed by atoms with Gasteiger partial charge in [-0.25, -0.2) is 5.01 Å². The summed E-state index contributed by atoms with van der Waals surface area (Å²) in [5.74, 6) is -0.199. The van der Waals surface area contributed by atoms with Crippen LogP contribution in [-0.2, 0) is 9.53 Å². The molecule has 1 fully saturated rings. The zero-order valence-electron chi connectivity index (χ0n) is 15.4. The van der Waals surface area contributed by atoms with E-state index < -0.39 is 0 Å². The summed E-state index contributed by atoms with van der Waals surface area (Å²) in [4.78, 5) is 12.9. The number of rotatable bonds is 4. The molecule has 0 spiro atoms. The topological polar surface area (TPSA) is 57.2 Å². The van der Waals surface area contributed by atoms with E-state index in [1.54, 1.807) is 12.1 Å². The van der Waals surface area contributed by atoms with Gasteiger partial charge in [-0.3, -0.25) is 15.2 Å². The van der Waals surface area contributed by atoms with E-state index in [1.165, 1.54) is 0 Å². The number of hydrogen-bond acceptors (Lipinski definition) is 5. The molecule has 0 aromatic heterocycles. The minimum absolute atomic E-state index is 0.129. The molecule has 1 saturated heterocycles. The Morgan fingerprint density at radius 1 is 1.14 bits per heavy atom. The van der Waals surface area contributed by atoms with Crippen molar-refractivity contribution in [1.29, 1.82) is 0 Å². The normalized spacial score (nSPS) is 19.9. The molecule has 0 saturated carbocycles. The number of nitrogens with one attached hydrogen (secondary N) is 1. The lowest BCUT2D eigenvalue weighted by atomic mass is 10.0. The van der Waals surface area contributed by atoms with Crippen LogP contribution in [0.15, 0.2) is 47.6 Å². The molecule has 2 aromatic carbocycles. The Morgan fingerprint density at radius 2 is 1.86 bits per heavy atom. The van der Waals surface area contributed by atoms with Gasteiger partial charge in [-0.2, -0.15) is 5.10 Å². The van der Waals surface area contributed by atoms with Gasteiger partial charge < -0.3 is 4.74 Å². The quantitative estimate of drug-likeness (QED) is 0.584. The Balaban J connectivity index is 1.62. The number of carbonyl (C=O) groups excluding carboxylic acids is 1. The zero-order chi connectivity index (χ0) is 20.4. The number of nitrogens with zero attached hydrogens (tertiary/aromatic N) is 3. The number of ether oxygens (including phenoxy) is 1. The highest BCUT2D eigenvalue weighted by Crippen LogP contribution is 2.39. The van der Waals surface area contributed by atoms with Gasteiger partial charge in [-0.05, 0) is 58.5 Å². The van der Waals surface area contributed by atoms with Crippen LogP contribution in [0.25, 0.3) is 0 Å². The number of benzene rings is 2. The fourth-order valence-corrected chi connectivity index (χ4v) is 4.22. The van der Waals surface area contributed by atoms with Crippen LogP contribution >= 0.6 is 45.8 Å². The molecule has 6 nitrogen and oxygen atoms in total. The molecule has 2 aliphatic rings. The number of hydrazone groups is 1. The number of halogens is 3. The first-order valence-corrected chi connectivity index (χ1v) is 11.1. The molecule has 1 amide bonds. The fourth-order valence-electron chi connectivity index (χ4n) is 3.36. The summed E-state index contributed by atoms with van der Waals surface area (Å²) in [5, 5.41) is 9.37. The van der Waals surface area contributed by atoms with Gasteiger partial charge in [-0.1, -0.05) is 35.3 Å². The highest BCUT2D eigenvalue weighted by atomic mass is 127. The zero-order valence-corrected chi connectivity index (χ0v) is 19.1. The van der Waals surface area contributed by atoms with Crippen LogP contribution in [-0.4, -0.2) is 42.9 Å². The molecule has 2 aliphatic heterocycles. The Labute approximate surface area is 192 Å². The van der Waals surface area contributed by atoms with Crippen molar-refractivity contribution in [2.75, 3.05) is 31.3 Å². The lowest BCUT2D eigenvalue weighted by molar-refractivity contribution is -0.121. The predicted octanol–water partition coefficient (Wildman–Crippen LogP) is 4.27. The highest BCUT2D eigenvalue weighted by Gasteiger charge is 2.34. The number of amides is 1. The van der Waals surface area contributed by atoms with Crippen LogP contribution in [0, 0.1) is 3.57 Å². The van der Waals surface area contributed by atoms with E-state index in [9.17, 15) is 4.79 Å². The van der Waals surface area contributed by atoms with Crippen molar-refractivity contribution in [2.24, 2.45) is 5.10 Å². The third-order valence-corrected chi connectivity index (χ3v) is 6.11. The Morgan fingerprint density at radius 3 is 2.55 bits per heavy atom. The summed E-state index contributed by atoms with van der Waals surface area (Å²) >= 11 is 14.8. The van der Waals surface area contributed by atoms with Crippen LogP contribution < -0.4 is 10.4 Å². The molecule has 0 radical (unpaired) electrons. The summed E-state index contributed by atoms with van der Waals surface area (Å²) in [6.07, 6.45) is 0.482. The second-order valence-corrected chi connectivity index (χ2v) is 8.89. The van der Waals surface area contributed by atoms with Crippen molar-refractivity contribution in [3.63, 3.8) is 0 Å². The van der Waals surface area contributed by atoms with E-state index in [-0.39, 0.29) is 11.9 Å². The highest BCUT2D eigenvalue weighted by molar-refractivity contribution is 14.1. The molecule has 0 bridgehead atoms. The van der Waals surface area contributed by atoms with E-state index >= 15 is 0 Å². The monoisotopic (exact) mass is 544 g/mol. The Kier molecular flexibility index (Phi) is 6.60. The van der Waals surface area contributed by atoms with Gasteiger partial charge in [0.25, 0.3) is 5.91 Å². The average Bonchev–Trinajstić information content (AvgIpc) is 3.14. The molecular weight excluding hydrogens is 526 g/mol. The lowest BCUT2D eigenvalue weighted by Crippen LogP contribution is -2.50. The van der Waals surface area contributed by atoms with Crippen LogP contribution in [0.5, 0.6) is 0 Å². The molecule has 4 rings (SSSR count). The second kappa shape index (κ2) is 9.18. The lowest BCUT2D eigenvalue weighted by Gasteiger charge is -2.26. The maximum atomic E-state index is 12.9. The van der Waals surface area contributed by atoms with E-state index in [4.69, 9.17) is 27.9 Å². The van der Waals surface area contributed by atoms with Crippen molar-refractivity contribution in [2.45, 2.75) is 12.5 Å². The van der Waals surface area contributed by atoms with Crippen LogP contribution in [0.2, 0.25) is 10.0 Å². The fraction of sp³-hybridized carbons (Fsp3) is 0.300. The number of hydrogen-bond donors (Lipinski definition) is 1. The summed E-state index contributed by atoms with van der Waals surface area (Å²) < 4.78 is 6.48. The molecule has 1 unspecified atom stereocenters. The van der Waals surface area contributed by atoms with Crippen LogP contribution in [0.4, 0.5) is 5.69 Å². The molecule has 9 heteroatoms. The standard InChI is InChI=1S/C20H19Cl2IN4O2/c21-14-3-6-18(16(22)11-14)27-19(13-1-4-15(23)5-2-13)12-17(24-27)20(28)25-26-7-9-29-10-8-26/h1-6,11,19H,7-10,12H2,(H,25,28). The first-order chi connectivity index (χ1) is 14.0. The van der Waals surface area contributed by atoms with Gasteiger partial charge in [0.15, 0.2) is 0 Å². The number of carbonyl (C=O) groups is 1. The third-order valence-electron chi connectivity index (χ3n) is 4.85. The van der Waals surface area contributed by atoms with E-state index in [2.05, 4.69) is 45.3 Å². The van der Waals surface area contributed by atoms with Gasteiger partial charge >= 0.3 is 0 Å². The van der Waals surface area contributed by atoms with E-state index in [0.717, 1.165) is 9.13 Å². The molecule has 1 atom stereocenters. The third kappa shape index (κ3) is 4.86. The van der Waals surface area contributed by atoms with Crippen LogP contribution in [0.3, 0.4) is 0 Å². The van der Waals surface area contributed by atoms with Gasteiger partial charge in [0.2, 0.25) is 0 Å². The number of morpholine rings is 1. The maximum absolute atomic E-state index is 12.9. The van der Waals surface area contributed by atoms with Crippen molar-refractivity contribution < 1.29 is 9.53 Å². The van der Waals surface area contributed by atoms with Gasteiger partial charge in [0.05, 0.1) is 30.0 Å². The second-order valence-electron chi connectivity index (χ2n) is 6.80. The van der Waals surface area contributed by atoms with Crippen molar-refractivity contribution in [3.05, 3.63) is 61.6 Å². The first-order valence-electron chi connectivity index (χ1n) is 9.22. The molecular formula is C20H19Cl2IN4O2. The van der Waals surface area contributed by atoms with Crippen LogP contribution in [0.1, 0.15) is 18.0 Å². The Hall–Kier alpha value is -1.39. The molecule has 2 aromatic rings. The van der Waals surface area contributed by atoms with Crippen molar-refractivity contribution >= 4 is 63.1 Å². The Bertz CT molecular complexity index is 933.